The topological polar surface area (TPSA) is 77.6 Å². The van der Waals surface area contributed by atoms with E-state index in [2.05, 4.69) is 4.98 Å². The summed E-state index contributed by atoms with van der Waals surface area (Å²) in [5, 5.41) is 11.1. The number of nitrogens with two attached hydrogens (primary N) is 1. The lowest BCUT2D eigenvalue weighted by Gasteiger charge is -2.18. The molecule has 0 saturated carbocycles. The van der Waals surface area contributed by atoms with E-state index in [0.29, 0.717) is 27.6 Å². The van der Waals surface area contributed by atoms with Gasteiger partial charge < -0.3 is 20.3 Å². The number of nitrogen functional groups attached to an aromatic ring is 1. The first kappa shape index (κ1) is 15.7. The second-order valence-electron chi connectivity index (χ2n) is 4.23. The van der Waals surface area contributed by atoms with Crippen molar-refractivity contribution < 1.29 is 14.6 Å². The zero-order chi connectivity index (χ0) is 15.6. The third-order valence-corrected chi connectivity index (χ3v) is 3.62. The molecule has 2 aromatic rings. The molecule has 1 aromatic carbocycles. The molecule has 3 N–H and O–H groups in total. The zero-order valence-corrected chi connectivity index (χ0v) is 12.9. The first-order chi connectivity index (χ1) is 9.99. The number of aliphatic hydroxyl groups excluding tert-OH is 1. The largest absolute Gasteiger partial charge is 0.493 e. The lowest BCUT2D eigenvalue weighted by molar-refractivity contribution is 0.220. The molecular formula is C14H14Cl2N2O3. The van der Waals surface area contributed by atoms with Gasteiger partial charge in [0.05, 0.1) is 24.3 Å². The SMILES string of the molecule is COc1ccc(C(O)c2cc(Cl)cnc2N)c(Cl)c1OC. The molecule has 0 fully saturated rings. The molecule has 1 atom stereocenters. The van der Waals surface area contributed by atoms with Gasteiger partial charge in [0.15, 0.2) is 11.5 Å². The number of pyridine rings is 1. The highest BCUT2D eigenvalue weighted by atomic mass is 35.5. The molecule has 0 saturated heterocycles. The Morgan fingerprint density at radius 3 is 2.52 bits per heavy atom. The maximum absolute atomic E-state index is 10.5. The molecule has 0 aliphatic carbocycles. The molecular weight excluding hydrogens is 315 g/mol. The highest BCUT2D eigenvalue weighted by Crippen LogP contribution is 2.41. The van der Waals surface area contributed by atoms with Gasteiger partial charge in [-0.05, 0) is 12.1 Å². The number of methoxy groups -OCH3 is 2. The van der Waals surface area contributed by atoms with Crippen molar-refractivity contribution in [3.05, 3.63) is 45.6 Å². The minimum atomic E-state index is -1.08. The number of rotatable bonds is 4. The van der Waals surface area contributed by atoms with E-state index in [1.54, 1.807) is 18.2 Å². The average molecular weight is 329 g/mol. The molecule has 1 aromatic heterocycles. The van der Waals surface area contributed by atoms with Crippen LogP contribution in [0.15, 0.2) is 24.4 Å². The summed E-state index contributed by atoms with van der Waals surface area (Å²) in [4.78, 5) is 3.92. The number of hydrogen-bond acceptors (Lipinski definition) is 5. The van der Waals surface area contributed by atoms with Gasteiger partial charge in [-0.2, -0.15) is 0 Å². The summed E-state index contributed by atoms with van der Waals surface area (Å²) < 4.78 is 10.4. The molecule has 0 bridgehead atoms. The van der Waals surface area contributed by atoms with Crippen molar-refractivity contribution in [2.24, 2.45) is 0 Å². The van der Waals surface area contributed by atoms with Crippen LogP contribution in [0.4, 0.5) is 5.82 Å². The van der Waals surface area contributed by atoms with E-state index >= 15 is 0 Å². The van der Waals surface area contributed by atoms with Crippen LogP contribution < -0.4 is 15.2 Å². The maximum Gasteiger partial charge on any atom is 0.179 e. The van der Waals surface area contributed by atoms with Crippen LogP contribution in [0.2, 0.25) is 10.0 Å². The van der Waals surface area contributed by atoms with Crippen LogP contribution in [0.3, 0.4) is 0 Å². The Morgan fingerprint density at radius 2 is 1.90 bits per heavy atom. The van der Waals surface area contributed by atoms with Gasteiger partial charge in [-0.15, -0.1) is 0 Å². The number of halogens is 2. The van der Waals surface area contributed by atoms with Crippen molar-refractivity contribution in [3.63, 3.8) is 0 Å². The molecule has 0 amide bonds. The molecule has 0 radical (unpaired) electrons. The Hall–Kier alpha value is -1.69. The number of hydrogen-bond donors (Lipinski definition) is 2. The Balaban J connectivity index is 2.53. The highest BCUT2D eigenvalue weighted by Gasteiger charge is 2.22. The molecule has 5 nitrogen and oxygen atoms in total. The molecule has 1 unspecified atom stereocenters. The number of aromatic nitrogens is 1. The average Bonchev–Trinajstić information content (AvgIpc) is 2.48. The van der Waals surface area contributed by atoms with Gasteiger partial charge in [-0.1, -0.05) is 29.3 Å². The summed E-state index contributed by atoms with van der Waals surface area (Å²) in [6.07, 6.45) is 0.326. The summed E-state index contributed by atoms with van der Waals surface area (Å²) in [5.74, 6) is 0.984. The normalized spacial score (nSPS) is 12.0. The molecule has 0 spiro atoms. The molecule has 7 heteroatoms. The molecule has 0 aliphatic heterocycles. The van der Waals surface area contributed by atoms with E-state index in [1.165, 1.54) is 20.4 Å². The zero-order valence-electron chi connectivity index (χ0n) is 11.4. The predicted molar refractivity (Wildman–Crippen MR) is 82.3 cm³/mol. The molecule has 21 heavy (non-hydrogen) atoms. The summed E-state index contributed by atoms with van der Waals surface area (Å²) in [7, 11) is 2.97. The van der Waals surface area contributed by atoms with Crippen LogP contribution in [0.1, 0.15) is 17.2 Å². The van der Waals surface area contributed by atoms with Gasteiger partial charge in [0.2, 0.25) is 0 Å². The van der Waals surface area contributed by atoms with Crippen molar-refractivity contribution in [1.82, 2.24) is 4.98 Å². The van der Waals surface area contributed by atoms with Gasteiger partial charge >= 0.3 is 0 Å². The summed E-state index contributed by atoms with van der Waals surface area (Å²) >= 11 is 12.2. The fourth-order valence-electron chi connectivity index (χ4n) is 1.97. The summed E-state index contributed by atoms with van der Waals surface area (Å²) in [6.45, 7) is 0. The fourth-order valence-corrected chi connectivity index (χ4v) is 2.47. The Bertz CT molecular complexity index is 665. The summed E-state index contributed by atoms with van der Waals surface area (Å²) in [5.41, 5.74) is 6.57. The Morgan fingerprint density at radius 1 is 1.19 bits per heavy atom. The van der Waals surface area contributed by atoms with Crippen LogP contribution in [-0.4, -0.2) is 24.3 Å². The third-order valence-electron chi connectivity index (χ3n) is 3.02. The molecule has 1 heterocycles. The van der Waals surface area contributed by atoms with Crippen LogP contribution >= 0.6 is 23.2 Å². The van der Waals surface area contributed by atoms with Gasteiger partial charge in [0, 0.05) is 17.3 Å². The fraction of sp³-hybridized carbons (Fsp3) is 0.214. The van der Waals surface area contributed by atoms with Gasteiger partial charge in [0.1, 0.15) is 11.9 Å². The van der Waals surface area contributed by atoms with Gasteiger partial charge in [-0.25, -0.2) is 4.98 Å². The monoisotopic (exact) mass is 328 g/mol. The van der Waals surface area contributed by atoms with Crippen molar-refractivity contribution in [2.75, 3.05) is 20.0 Å². The number of anilines is 1. The number of ether oxygens (including phenoxy) is 2. The van der Waals surface area contributed by atoms with E-state index in [4.69, 9.17) is 38.4 Å². The number of benzene rings is 1. The van der Waals surface area contributed by atoms with Crippen LogP contribution in [0.25, 0.3) is 0 Å². The quantitative estimate of drug-likeness (QED) is 0.901. The standard InChI is InChI=1S/C14H14Cl2N2O3/c1-20-10-4-3-8(11(16)13(10)21-2)12(19)9-5-7(15)6-18-14(9)17/h3-6,12,19H,1-2H3,(H2,17,18). The smallest absolute Gasteiger partial charge is 0.179 e. The van der Waals surface area contributed by atoms with E-state index in [9.17, 15) is 5.11 Å². The predicted octanol–water partition coefficient (Wildman–Crippen LogP) is 3.07. The highest BCUT2D eigenvalue weighted by molar-refractivity contribution is 6.33. The number of aliphatic hydroxyl groups is 1. The molecule has 2 rings (SSSR count). The van der Waals surface area contributed by atoms with E-state index in [-0.39, 0.29) is 10.8 Å². The molecule has 0 aliphatic rings. The lowest BCUT2D eigenvalue weighted by Crippen LogP contribution is -2.07. The second-order valence-corrected chi connectivity index (χ2v) is 5.05. The van der Waals surface area contributed by atoms with Gasteiger partial charge in [0.25, 0.3) is 0 Å². The van der Waals surface area contributed by atoms with Crippen molar-refractivity contribution in [3.8, 4) is 11.5 Å². The first-order valence-corrected chi connectivity index (χ1v) is 6.74. The third kappa shape index (κ3) is 3.00. The van der Waals surface area contributed by atoms with Crippen molar-refractivity contribution >= 4 is 29.0 Å². The second kappa shape index (κ2) is 6.39. The minimum absolute atomic E-state index is 0.178. The maximum atomic E-state index is 10.5. The first-order valence-electron chi connectivity index (χ1n) is 5.99. The summed E-state index contributed by atoms with van der Waals surface area (Å²) in [6, 6.07) is 4.83. The van der Waals surface area contributed by atoms with Crippen molar-refractivity contribution in [2.45, 2.75) is 6.10 Å². The van der Waals surface area contributed by atoms with Crippen molar-refractivity contribution in [1.29, 1.82) is 0 Å². The van der Waals surface area contributed by atoms with E-state index < -0.39 is 6.10 Å². The number of nitrogens with zero attached hydrogens (tertiary/aromatic N) is 1. The lowest BCUT2D eigenvalue weighted by atomic mass is 10.0. The van der Waals surface area contributed by atoms with E-state index in [1.807, 2.05) is 0 Å². The Labute approximate surface area is 132 Å². The van der Waals surface area contributed by atoms with Crippen LogP contribution in [0.5, 0.6) is 11.5 Å². The van der Waals surface area contributed by atoms with Gasteiger partial charge in [-0.3, -0.25) is 0 Å². The Kier molecular flexibility index (Phi) is 4.77. The molecule has 112 valence electrons. The van der Waals surface area contributed by atoms with E-state index in [0.717, 1.165) is 0 Å². The van der Waals surface area contributed by atoms with Crippen LogP contribution in [-0.2, 0) is 0 Å². The minimum Gasteiger partial charge on any atom is -0.493 e. The van der Waals surface area contributed by atoms with Crippen LogP contribution in [0, 0.1) is 0 Å².